The number of nitrogens with two attached hydrogens (primary N) is 1. The number of thiophene rings is 1. The van der Waals surface area contributed by atoms with Crippen LogP contribution in [0.25, 0.3) is 0 Å². The van der Waals surface area contributed by atoms with Crippen LogP contribution in [0, 0.1) is 6.92 Å². The lowest BCUT2D eigenvalue weighted by Gasteiger charge is -2.20. The Morgan fingerprint density at radius 2 is 2.32 bits per heavy atom. The third-order valence-electron chi connectivity index (χ3n) is 2.93. The number of hydrogen-bond acceptors (Lipinski definition) is 5. The molecular formula is C12H10BrClN4S. The van der Waals surface area contributed by atoms with Gasteiger partial charge in [-0.25, -0.2) is 9.97 Å². The minimum atomic E-state index is -0.0643. The summed E-state index contributed by atoms with van der Waals surface area (Å²) in [5, 5.41) is 0.715. The number of rotatable bonds is 1. The molecule has 0 radical (unpaired) electrons. The van der Waals surface area contributed by atoms with Crippen molar-refractivity contribution in [2.24, 2.45) is 10.7 Å². The molecule has 0 saturated heterocycles. The van der Waals surface area contributed by atoms with Crippen molar-refractivity contribution < 1.29 is 0 Å². The van der Waals surface area contributed by atoms with Crippen molar-refractivity contribution in [1.29, 1.82) is 0 Å². The Labute approximate surface area is 127 Å². The van der Waals surface area contributed by atoms with Crippen LogP contribution >= 0.6 is 38.9 Å². The van der Waals surface area contributed by atoms with Gasteiger partial charge in [0.15, 0.2) is 0 Å². The number of aromatic nitrogens is 2. The second-order valence-corrected chi connectivity index (χ2v) is 7.14. The number of amidine groups is 1. The van der Waals surface area contributed by atoms with Gasteiger partial charge in [-0.2, -0.15) is 0 Å². The third kappa shape index (κ3) is 2.40. The number of hydrogen-bond donors (Lipinski definition) is 1. The van der Waals surface area contributed by atoms with Gasteiger partial charge in [0, 0.05) is 17.5 Å². The molecule has 0 aliphatic carbocycles. The van der Waals surface area contributed by atoms with E-state index < -0.39 is 0 Å². The van der Waals surface area contributed by atoms with Gasteiger partial charge in [-0.05, 0) is 28.9 Å². The smallest absolute Gasteiger partial charge is 0.129 e. The number of aliphatic imine (C=N–C) groups is 1. The van der Waals surface area contributed by atoms with Gasteiger partial charge < -0.3 is 5.73 Å². The van der Waals surface area contributed by atoms with E-state index in [1.54, 1.807) is 17.5 Å². The molecule has 2 aromatic rings. The molecule has 0 fully saturated rings. The van der Waals surface area contributed by atoms with E-state index in [0.29, 0.717) is 17.3 Å². The van der Waals surface area contributed by atoms with E-state index in [1.807, 2.05) is 13.0 Å². The van der Waals surface area contributed by atoms with Crippen LogP contribution in [-0.2, 0) is 6.42 Å². The molecule has 0 aromatic carbocycles. The molecule has 0 saturated carbocycles. The molecule has 1 aliphatic rings. The summed E-state index contributed by atoms with van der Waals surface area (Å²) >= 11 is 11.2. The summed E-state index contributed by atoms with van der Waals surface area (Å²) in [6, 6.07) is 1.82. The topological polar surface area (TPSA) is 64.2 Å². The molecule has 1 aliphatic heterocycles. The van der Waals surface area contributed by atoms with Crippen molar-refractivity contribution >= 4 is 44.7 Å². The Morgan fingerprint density at radius 1 is 1.53 bits per heavy atom. The lowest BCUT2D eigenvalue weighted by atomic mass is 10.0. The van der Waals surface area contributed by atoms with Crippen LogP contribution in [0.4, 0.5) is 0 Å². The monoisotopic (exact) mass is 356 g/mol. The van der Waals surface area contributed by atoms with Crippen molar-refractivity contribution in [2.45, 2.75) is 19.4 Å². The maximum Gasteiger partial charge on any atom is 0.129 e. The zero-order valence-electron chi connectivity index (χ0n) is 10.0. The van der Waals surface area contributed by atoms with Gasteiger partial charge >= 0.3 is 0 Å². The Bertz CT molecular complexity index is 682. The molecule has 0 unspecified atom stereocenters. The third-order valence-corrected chi connectivity index (χ3v) is 5.10. The summed E-state index contributed by atoms with van der Waals surface area (Å²) in [6.07, 6.45) is 2.44. The summed E-state index contributed by atoms with van der Waals surface area (Å²) < 4.78 is 0.992. The minimum absolute atomic E-state index is 0.0643. The van der Waals surface area contributed by atoms with E-state index in [1.165, 1.54) is 0 Å². The first-order chi connectivity index (χ1) is 9.04. The molecule has 0 amide bonds. The van der Waals surface area contributed by atoms with Gasteiger partial charge in [0.2, 0.25) is 0 Å². The fraction of sp³-hybridized carbons (Fsp3) is 0.250. The lowest BCUT2D eigenvalue weighted by Crippen LogP contribution is -2.24. The highest BCUT2D eigenvalue weighted by Crippen LogP contribution is 2.39. The van der Waals surface area contributed by atoms with Crippen molar-refractivity contribution in [2.75, 3.05) is 0 Å². The first-order valence-electron chi connectivity index (χ1n) is 5.65. The van der Waals surface area contributed by atoms with Gasteiger partial charge in [-0.1, -0.05) is 11.6 Å². The zero-order valence-corrected chi connectivity index (χ0v) is 13.2. The normalized spacial score (nSPS) is 18.1. The fourth-order valence-corrected chi connectivity index (χ4v) is 4.20. The summed E-state index contributed by atoms with van der Waals surface area (Å²) in [7, 11) is 0. The maximum atomic E-state index is 6.22. The van der Waals surface area contributed by atoms with Gasteiger partial charge in [-0.15, -0.1) is 11.3 Å². The molecule has 7 heteroatoms. The predicted molar refractivity (Wildman–Crippen MR) is 81.0 cm³/mol. The van der Waals surface area contributed by atoms with E-state index in [2.05, 4.69) is 30.9 Å². The molecule has 4 nitrogen and oxygen atoms in total. The highest BCUT2D eigenvalue weighted by molar-refractivity contribution is 9.11. The van der Waals surface area contributed by atoms with E-state index in [4.69, 9.17) is 17.3 Å². The van der Waals surface area contributed by atoms with Crippen molar-refractivity contribution in [1.82, 2.24) is 9.97 Å². The van der Waals surface area contributed by atoms with Gasteiger partial charge in [0.05, 0.1) is 26.1 Å². The summed E-state index contributed by atoms with van der Waals surface area (Å²) in [5.41, 5.74) is 7.76. The van der Waals surface area contributed by atoms with Crippen LogP contribution in [0.1, 0.15) is 28.0 Å². The molecule has 1 atom stereocenters. The first-order valence-corrected chi connectivity index (χ1v) is 7.64. The molecular weight excluding hydrogens is 348 g/mol. The highest BCUT2D eigenvalue weighted by atomic mass is 79.9. The quantitative estimate of drug-likeness (QED) is 0.852. The molecule has 3 rings (SSSR count). The van der Waals surface area contributed by atoms with Crippen molar-refractivity contribution in [3.63, 3.8) is 0 Å². The predicted octanol–water partition coefficient (Wildman–Crippen LogP) is 3.27. The lowest BCUT2D eigenvalue weighted by molar-refractivity contribution is 0.698. The van der Waals surface area contributed by atoms with Crippen molar-refractivity contribution in [3.05, 3.63) is 43.0 Å². The van der Waals surface area contributed by atoms with Gasteiger partial charge in [0.1, 0.15) is 11.7 Å². The van der Waals surface area contributed by atoms with Gasteiger partial charge in [-0.3, -0.25) is 4.99 Å². The zero-order chi connectivity index (χ0) is 13.6. The number of halogens is 2. The van der Waals surface area contributed by atoms with E-state index in [0.717, 1.165) is 25.7 Å². The SMILES string of the molecule is Cc1ncc2c(n1)C[C@@H](c1sc(Br)cc1Cl)N=C2N. The molecule has 0 bridgehead atoms. The number of fused-ring (bicyclic) bond motifs is 1. The molecule has 19 heavy (non-hydrogen) atoms. The second kappa shape index (κ2) is 4.85. The highest BCUT2D eigenvalue weighted by Gasteiger charge is 2.25. The maximum absolute atomic E-state index is 6.22. The number of aryl methyl sites for hydroxylation is 1. The van der Waals surface area contributed by atoms with Crippen LogP contribution in [-0.4, -0.2) is 15.8 Å². The average molecular weight is 358 g/mol. The van der Waals surface area contributed by atoms with Crippen LogP contribution in [0.3, 0.4) is 0 Å². The van der Waals surface area contributed by atoms with Crippen LogP contribution in [0.15, 0.2) is 21.0 Å². The van der Waals surface area contributed by atoms with Gasteiger partial charge in [0.25, 0.3) is 0 Å². The Hall–Kier alpha value is -0.980. The minimum Gasteiger partial charge on any atom is -0.383 e. The molecule has 2 aromatic heterocycles. The number of nitrogens with zero attached hydrogens (tertiary/aromatic N) is 3. The van der Waals surface area contributed by atoms with Crippen LogP contribution < -0.4 is 5.73 Å². The molecule has 0 spiro atoms. The standard InChI is InChI=1S/C12H10BrClN4S/c1-5-16-4-6-8(17-5)3-9(18-12(6)15)11-7(14)2-10(13)19-11/h2,4,9H,3H2,1H3,(H2,15,18)/t9-/m0/s1. The van der Waals surface area contributed by atoms with Crippen LogP contribution in [0.2, 0.25) is 5.02 Å². The summed E-state index contributed by atoms with van der Waals surface area (Å²) in [4.78, 5) is 14.1. The Balaban J connectivity index is 2.05. The average Bonchev–Trinajstić information content (AvgIpc) is 2.67. The van der Waals surface area contributed by atoms with E-state index in [-0.39, 0.29) is 6.04 Å². The first kappa shape index (κ1) is 13.0. The second-order valence-electron chi connectivity index (χ2n) is 4.27. The Kier molecular flexibility index (Phi) is 3.32. The largest absolute Gasteiger partial charge is 0.383 e. The van der Waals surface area contributed by atoms with Crippen LogP contribution in [0.5, 0.6) is 0 Å². The van der Waals surface area contributed by atoms with E-state index >= 15 is 0 Å². The van der Waals surface area contributed by atoms with E-state index in [9.17, 15) is 0 Å². The molecule has 2 N–H and O–H groups in total. The summed E-state index contributed by atoms with van der Waals surface area (Å²) in [5.74, 6) is 1.22. The molecule has 3 heterocycles. The summed E-state index contributed by atoms with van der Waals surface area (Å²) in [6.45, 7) is 1.87. The molecule has 98 valence electrons. The Morgan fingerprint density at radius 3 is 3.00 bits per heavy atom. The fourth-order valence-electron chi connectivity index (χ4n) is 2.09. The van der Waals surface area contributed by atoms with Crippen molar-refractivity contribution in [3.8, 4) is 0 Å².